The molecule has 0 spiro atoms. The fraction of sp³-hybridized carbons (Fsp3) is 0.455. The molecule has 0 unspecified atom stereocenters. The number of nitrogens with one attached hydrogen (secondary N) is 2. The van der Waals surface area contributed by atoms with Crippen LogP contribution in [-0.4, -0.2) is 17.9 Å². The Labute approximate surface area is 165 Å². The molecule has 6 nitrogen and oxygen atoms in total. The van der Waals surface area contributed by atoms with Gasteiger partial charge in [-0.25, -0.2) is 0 Å². The highest BCUT2D eigenvalue weighted by Gasteiger charge is 2.30. The van der Waals surface area contributed by atoms with E-state index in [1.54, 1.807) is 12.3 Å². The van der Waals surface area contributed by atoms with Gasteiger partial charge in [-0.2, -0.15) is 0 Å². The molecule has 6 heteroatoms. The summed E-state index contributed by atoms with van der Waals surface area (Å²) in [5.74, 6) is 1.50. The van der Waals surface area contributed by atoms with E-state index in [2.05, 4.69) is 10.6 Å². The van der Waals surface area contributed by atoms with Crippen LogP contribution >= 0.6 is 0 Å². The smallest absolute Gasteiger partial charge is 0.227 e. The number of carbonyl (C=O) groups is 2. The second-order valence-corrected chi connectivity index (χ2v) is 7.53. The first-order valence-electron chi connectivity index (χ1n) is 9.89. The normalized spacial score (nSPS) is 19.2. The van der Waals surface area contributed by atoms with E-state index >= 15 is 0 Å². The molecular weight excluding hydrogens is 356 g/mol. The Bertz CT molecular complexity index is 760. The number of ether oxygens (including phenoxy) is 1. The summed E-state index contributed by atoms with van der Waals surface area (Å²) in [6.07, 6.45) is 4.60. The molecule has 3 rings (SSSR count). The van der Waals surface area contributed by atoms with Gasteiger partial charge < -0.3 is 19.8 Å². The van der Waals surface area contributed by atoms with Crippen molar-refractivity contribution in [2.45, 2.75) is 52.2 Å². The number of benzene rings is 1. The summed E-state index contributed by atoms with van der Waals surface area (Å²) in [6.45, 7) is 4.36. The Morgan fingerprint density at radius 2 is 1.68 bits per heavy atom. The van der Waals surface area contributed by atoms with E-state index in [-0.39, 0.29) is 29.8 Å². The van der Waals surface area contributed by atoms with Gasteiger partial charge in [-0.1, -0.05) is 0 Å². The van der Waals surface area contributed by atoms with E-state index in [1.807, 2.05) is 44.2 Å². The van der Waals surface area contributed by atoms with Crippen LogP contribution in [0.3, 0.4) is 0 Å². The number of hydrogen-bond acceptors (Lipinski definition) is 4. The predicted molar refractivity (Wildman–Crippen MR) is 107 cm³/mol. The molecule has 1 aromatic carbocycles. The molecule has 1 aromatic heterocycles. The molecule has 1 saturated carbocycles. The van der Waals surface area contributed by atoms with Gasteiger partial charge in [0.05, 0.1) is 18.9 Å². The summed E-state index contributed by atoms with van der Waals surface area (Å²) < 4.78 is 10.8. The molecule has 2 amide bonds. The number of carbonyl (C=O) groups excluding carboxylic acids is 2. The monoisotopic (exact) mass is 384 g/mol. The standard InChI is InChI=1S/C22H28N2O4/c1-15(2)28-19-11-9-18(10-12-19)24-22(26)17-7-5-16(6-8-17)21(25)23-14-20-4-3-13-27-20/h3-4,9-13,15-17H,5-8,14H2,1-2H3,(H,23,25)(H,24,26). The van der Waals surface area contributed by atoms with Crippen LogP contribution < -0.4 is 15.4 Å². The van der Waals surface area contributed by atoms with Crippen LogP contribution in [0.2, 0.25) is 0 Å². The van der Waals surface area contributed by atoms with Gasteiger partial charge in [0.25, 0.3) is 0 Å². The van der Waals surface area contributed by atoms with Crippen LogP contribution in [0, 0.1) is 11.8 Å². The van der Waals surface area contributed by atoms with Crippen molar-refractivity contribution in [2.24, 2.45) is 11.8 Å². The molecule has 0 atom stereocenters. The molecule has 1 aliphatic rings. The lowest BCUT2D eigenvalue weighted by Crippen LogP contribution is -2.35. The molecular formula is C22H28N2O4. The Morgan fingerprint density at radius 3 is 2.25 bits per heavy atom. The maximum absolute atomic E-state index is 12.5. The average molecular weight is 384 g/mol. The van der Waals surface area contributed by atoms with E-state index < -0.39 is 0 Å². The fourth-order valence-corrected chi connectivity index (χ4v) is 3.48. The van der Waals surface area contributed by atoms with E-state index in [0.717, 1.165) is 42.9 Å². The minimum atomic E-state index is -0.0549. The minimum Gasteiger partial charge on any atom is -0.491 e. The minimum absolute atomic E-state index is 0.0203. The van der Waals surface area contributed by atoms with E-state index in [9.17, 15) is 9.59 Å². The maximum atomic E-state index is 12.5. The van der Waals surface area contributed by atoms with Gasteiger partial charge in [-0.3, -0.25) is 9.59 Å². The third-order valence-corrected chi connectivity index (χ3v) is 4.98. The van der Waals surface area contributed by atoms with E-state index in [1.165, 1.54) is 0 Å². The second kappa shape index (κ2) is 9.44. The second-order valence-electron chi connectivity index (χ2n) is 7.53. The molecule has 2 N–H and O–H groups in total. The Hall–Kier alpha value is -2.76. The first-order valence-corrected chi connectivity index (χ1v) is 9.89. The quantitative estimate of drug-likeness (QED) is 0.752. The zero-order valence-electron chi connectivity index (χ0n) is 16.4. The van der Waals surface area contributed by atoms with Crippen molar-refractivity contribution in [1.82, 2.24) is 5.32 Å². The number of furan rings is 1. The van der Waals surface area contributed by atoms with Crippen LogP contribution in [0.15, 0.2) is 47.1 Å². The van der Waals surface area contributed by atoms with E-state index in [0.29, 0.717) is 6.54 Å². The van der Waals surface area contributed by atoms with Gasteiger partial charge in [-0.15, -0.1) is 0 Å². The molecule has 1 heterocycles. The highest BCUT2D eigenvalue weighted by molar-refractivity contribution is 5.92. The van der Waals surface area contributed by atoms with Crippen molar-refractivity contribution in [2.75, 3.05) is 5.32 Å². The summed E-state index contributed by atoms with van der Waals surface area (Å²) in [5, 5.41) is 5.88. The van der Waals surface area contributed by atoms with Gasteiger partial charge in [0.15, 0.2) is 0 Å². The number of anilines is 1. The van der Waals surface area contributed by atoms with Crippen molar-refractivity contribution >= 4 is 17.5 Å². The summed E-state index contributed by atoms with van der Waals surface area (Å²) in [7, 11) is 0. The summed E-state index contributed by atoms with van der Waals surface area (Å²) in [4.78, 5) is 24.8. The van der Waals surface area contributed by atoms with E-state index in [4.69, 9.17) is 9.15 Å². The maximum Gasteiger partial charge on any atom is 0.227 e. The highest BCUT2D eigenvalue weighted by Crippen LogP contribution is 2.30. The third kappa shape index (κ3) is 5.62. The van der Waals surface area contributed by atoms with Crippen molar-refractivity contribution < 1.29 is 18.7 Å². The zero-order chi connectivity index (χ0) is 19.9. The van der Waals surface area contributed by atoms with Crippen molar-refractivity contribution in [3.63, 3.8) is 0 Å². The lowest BCUT2D eigenvalue weighted by atomic mass is 9.81. The van der Waals surface area contributed by atoms with Crippen LogP contribution in [-0.2, 0) is 16.1 Å². The third-order valence-electron chi connectivity index (χ3n) is 4.98. The Balaban J connectivity index is 1.42. The summed E-state index contributed by atoms with van der Waals surface area (Å²) in [6, 6.07) is 11.1. The number of amides is 2. The molecule has 0 saturated heterocycles. The lowest BCUT2D eigenvalue weighted by Gasteiger charge is -2.27. The number of hydrogen-bond donors (Lipinski definition) is 2. The van der Waals surface area contributed by atoms with Crippen LogP contribution in [0.4, 0.5) is 5.69 Å². The largest absolute Gasteiger partial charge is 0.491 e. The van der Waals surface area contributed by atoms with Gasteiger partial charge in [0.1, 0.15) is 11.5 Å². The summed E-state index contributed by atoms with van der Waals surface area (Å²) >= 11 is 0. The summed E-state index contributed by atoms with van der Waals surface area (Å²) in [5.41, 5.74) is 0.763. The molecule has 0 aliphatic heterocycles. The average Bonchev–Trinajstić information content (AvgIpc) is 3.21. The van der Waals surface area contributed by atoms with Crippen molar-refractivity contribution in [1.29, 1.82) is 0 Å². The molecule has 28 heavy (non-hydrogen) atoms. The predicted octanol–water partition coefficient (Wildman–Crippen LogP) is 4.13. The van der Waals surface area contributed by atoms with Crippen LogP contribution in [0.5, 0.6) is 5.75 Å². The van der Waals surface area contributed by atoms with Gasteiger partial charge in [-0.05, 0) is 75.9 Å². The van der Waals surface area contributed by atoms with Gasteiger partial charge >= 0.3 is 0 Å². The first-order chi connectivity index (χ1) is 13.5. The first kappa shape index (κ1) is 20.0. The fourth-order valence-electron chi connectivity index (χ4n) is 3.48. The SMILES string of the molecule is CC(C)Oc1ccc(NC(=O)C2CCC(C(=O)NCc3ccco3)CC2)cc1. The topological polar surface area (TPSA) is 80.6 Å². The molecule has 0 radical (unpaired) electrons. The van der Waals surface area contributed by atoms with Crippen molar-refractivity contribution in [3.05, 3.63) is 48.4 Å². The number of rotatable bonds is 7. The molecule has 150 valence electrons. The lowest BCUT2D eigenvalue weighted by molar-refractivity contribution is -0.128. The molecule has 0 bridgehead atoms. The van der Waals surface area contributed by atoms with Crippen LogP contribution in [0.1, 0.15) is 45.3 Å². The highest BCUT2D eigenvalue weighted by atomic mass is 16.5. The Morgan fingerprint density at radius 1 is 1.04 bits per heavy atom. The molecule has 1 aliphatic carbocycles. The van der Waals surface area contributed by atoms with Gasteiger partial charge in [0.2, 0.25) is 11.8 Å². The van der Waals surface area contributed by atoms with Gasteiger partial charge in [0, 0.05) is 17.5 Å². The van der Waals surface area contributed by atoms with Crippen molar-refractivity contribution in [3.8, 4) is 5.75 Å². The van der Waals surface area contributed by atoms with Crippen LogP contribution in [0.25, 0.3) is 0 Å². The zero-order valence-corrected chi connectivity index (χ0v) is 16.4. The Kier molecular flexibility index (Phi) is 6.74. The molecule has 1 fully saturated rings. The molecule has 2 aromatic rings.